The van der Waals surface area contributed by atoms with Crippen LogP contribution in [0.2, 0.25) is 0 Å². The van der Waals surface area contributed by atoms with Gasteiger partial charge in [0.25, 0.3) is 5.91 Å². The number of hydrogen-bond acceptors (Lipinski definition) is 3. The molecule has 0 atom stereocenters. The summed E-state index contributed by atoms with van der Waals surface area (Å²) < 4.78 is 0. The molecule has 1 heterocycles. The molecule has 4 rings (SSSR count). The number of anilines is 2. The topological polar surface area (TPSA) is 56.1 Å². The third-order valence-corrected chi connectivity index (χ3v) is 4.84. The first-order valence-electron chi connectivity index (χ1n) is 9.01. The van der Waals surface area contributed by atoms with Crippen molar-refractivity contribution in [1.82, 2.24) is 0 Å². The van der Waals surface area contributed by atoms with E-state index in [1.165, 1.54) is 6.20 Å². The van der Waals surface area contributed by atoms with Crippen molar-refractivity contribution in [2.75, 3.05) is 16.8 Å². The first-order chi connectivity index (χ1) is 13.3. The Hall–Kier alpha value is -3.58. The molecule has 0 aliphatic carbocycles. The average molecular weight is 353 g/mol. The molecule has 1 aliphatic rings. The molecule has 0 saturated heterocycles. The summed E-state index contributed by atoms with van der Waals surface area (Å²) in [4.78, 5) is 14.6. The standard InChI is InChI=1S/C23H19N3O/c24-15-20(16-25-21-12-11-17-6-1-2-8-19(17)14-21)23(27)26-13-5-9-18-7-3-4-10-22(18)26/h1-4,6-8,10-12,14,16,25H,5,9,13H2/b20-16-. The zero-order chi connectivity index (χ0) is 18.6. The molecule has 4 nitrogen and oxygen atoms in total. The van der Waals surface area contributed by atoms with Crippen molar-refractivity contribution in [1.29, 1.82) is 5.26 Å². The van der Waals surface area contributed by atoms with Crippen molar-refractivity contribution >= 4 is 28.1 Å². The minimum atomic E-state index is -0.266. The first-order valence-corrected chi connectivity index (χ1v) is 9.01. The molecule has 3 aromatic carbocycles. The van der Waals surface area contributed by atoms with Gasteiger partial charge in [0.2, 0.25) is 0 Å². The summed E-state index contributed by atoms with van der Waals surface area (Å²) >= 11 is 0. The van der Waals surface area contributed by atoms with Crippen LogP contribution in [0, 0.1) is 11.3 Å². The molecule has 4 heteroatoms. The number of benzene rings is 3. The zero-order valence-corrected chi connectivity index (χ0v) is 14.9. The summed E-state index contributed by atoms with van der Waals surface area (Å²) in [6.07, 6.45) is 3.37. The third kappa shape index (κ3) is 3.40. The fraction of sp³-hybridized carbons (Fsp3) is 0.130. The molecule has 0 saturated carbocycles. The van der Waals surface area contributed by atoms with Gasteiger partial charge in [0.05, 0.1) is 0 Å². The Morgan fingerprint density at radius 1 is 1.04 bits per heavy atom. The largest absolute Gasteiger partial charge is 0.360 e. The van der Waals surface area contributed by atoms with Crippen molar-refractivity contribution in [3.8, 4) is 6.07 Å². The van der Waals surface area contributed by atoms with Crippen LogP contribution in [0.1, 0.15) is 12.0 Å². The SMILES string of the molecule is N#C/C(=C/Nc1ccc2ccccc2c1)C(=O)N1CCCc2ccccc21. The molecule has 1 N–H and O–H groups in total. The van der Waals surface area contributed by atoms with E-state index in [-0.39, 0.29) is 11.5 Å². The lowest BCUT2D eigenvalue weighted by atomic mass is 10.0. The van der Waals surface area contributed by atoms with Gasteiger partial charge >= 0.3 is 0 Å². The molecule has 0 spiro atoms. The predicted octanol–water partition coefficient (Wildman–Crippen LogP) is 4.64. The Kier molecular flexibility index (Phi) is 4.59. The Morgan fingerprint density at radius 2 is 1.81 bits per heavy atom. The number of nitrogens with one attached hydrogen (secondary N) is 1. The second-order valence-corrected chi connectivity index (χ2v) is 6.57. The van der Waals surface area contributed by atoms with Crippen LogP contribution in [-0.4, -0.2) is 12.5 Å². The molecule has 27 heavy (non-hydrogen) atoms. The molecule has 0 fully saturated rings. The van der Waals surface area contributed by atoms with Crippen molar-refractivity contribution < 1.29 is 4.79 Å². The van der Waals surface area contributed by atoms with Gasteiger partial charge in [-0.2, -0.15) is 5.26 Å². The van der Waals surface area contributed by atoms with Gasteiger partial charge in [0.1, 0.15) is 11.6 Å². The van der Waals surface area contributed by atoms with Crippen LogP contribution in [0.25, 0.3) is 10.8 Å². The van der Waals surface area contributed by atoms with Gasteiger partial charge in [0, 0.05) is 24.1 Å². The lowest BCUT2D eigenvalue weighted by Gasteiger charge is -2.29. The van der Waals surface area contributed by atoms with Crippen molar-refractivity contribution in [2.24, 2.45) is 0 Å². The van der Waals surface area contributed by atoms with Gasteiger partial charge in [-0.05, 0) is 47.4 Å². The highest BCUT2D eigenvalue weighted by molar-refractivity contribution is 6.09. The zero-order valence-electron chi connectivity index (χ0n) is 14.9. The lowest BCUT2D eigenvalue weighted by Crippen LogP contribution is -2.36. The fourth-order valence-electron chi connectivity index (χ4n) is 3.47. The molecule has 1 amide bonds. The molecule has 0 radical (unpaired) electrons. The third-order valence-electron chi connectivity index (χ3n) is 4.84. The summed E-state index contributed by atoms with van der Waals surface area (Å²) in [5.74, 6) is -0.266. The Bertz CT molecular complexity index is 1080. The fourth-order valence-corrected chi connectivity index (χ4v) is 3.47. The van der Waals surface area contributed by atoms with Crippen molar-refractivity contribution in [2.45, 2.75) is 12.8 Å². The number of nitrogens with zero attached hydrogens (tertiary/aromatic N) is 2. The minimum Gasteiger partial charge on any atom is -0.360 e. The van der Waals surface area contributed by atoms with E-state index in [1.807, 2.05) is 72.8 Å². The Labute approximate surface area is 158 Å². The monoisotopic (exact) mass is 353 g/mol. The average Bonchev–Trinajstić information content (AvgIpc) is 2.73. The molecule has 1 aliphatic heterocycles. The van der Waals surface area contributed by atoms with Crippen LogP contribution >= 0.6 is 0 Å². The second-order valence-electron chi connectivity index (χ2n) is 6.57. The van der Waals surface area contributed by atoms with Gasteiger partial charge in [-0.25, -0.2) is 0 Å². The molecule has 3 aromatic rings. The van der Waals surface area contributed by atoms with Crippen molar-refractivity contribution in [3.63, 3.8) is 0 Å². The minimum absolute atomic E-state index is 0.0971. The number of para-hydroxylation sites is 1. The number of amides is 1. The Balaban J connectivity index is 1.58. The molecule has 0 bridgehead atoms. The summed E-state index contributed by atoms with van der Waals surface area (Å²) in [5.41, 5.74) is 2.99. The van der Waals surface area contributed by atoms with E-state index in [4.69, 9.17) is 0 Å². The van der Waals surface area contributed by atoms with E-state index < -0.39 is 0 Å². The smallest absolute Gasteiger partial charge is 0.270 e. The van der Waals surface area contributed by atoms with Crippen LogP contribution in [-0.2, 0) is 11.2 Å². The number of aryl methyl sites for hydroxylation is 1. The first kappa shape index (κ1) is 16.9. The van der Waals surface area contributed by atoms with E-state index in [2.05, 4.69) is 5.32 Å². The maximum atomic E-state index is 12.9. The van der Waals surface area contributed by atoms with E-state index in [0.29, 0.717) is 6.54 Å². The second kappa shape index (κ2) is 7.35. The van der Waals surface area contributed by atoms with Crippen molar-refractivity contribution in [3.05, 3.63) is 84.1 Å². The van der Waals surface area contributed by atoms with E-state index in [1.54, 1.807) is 4.90 Å². The summed E-state index contributed by atoms with van der Waals surface area (Å²) in [6.45, 7) is 0.630. The van der Waals surface area contributed by atoms with Crippen LogP contribution in [0.15, 0.2) is 78.5 Å². The molecule has 0 aromatic heterocycles. The van der Waals surface area contributed by atoms with E-state index in [0.717, 1.165) is 40.6 Å². The Morgan fingerprint density at radius 3 is 2.67 bits per heavy atom. The highest BCUT2D eigenvalue weighted by Crippen LogP contribution is 2.28. The van der Waals surface area contributed by atoms with Gasteiger partial charge in [0.15, 0.2) is 0 Å². The number of carbonyl (C=O) groups excluding carboxylic acids is 1. The summed E-state index contributed by atoms with van der Waals surface area (Å²) in [6, 6.07) is 24.0. The molecule has 0 unspecified atom stereocenters. The van der Waals surface area contributed by atoms with Gasteiger partial charge in [-0.3, -0.25) is 4.79 Å². The predicted molar refractivity (Wildman–Crippen MR) is 108 cm³/mol. The van der Waals surface area contributed by atoms with Crippen LogP contribution < -0.4 is 10.2 Å². The maximum Gasteiger partial charge on any atom is 0.270 e. The quantitative estimate of drug-likeness (QED) is 0.551. The molecule has 132 valence electrons. The van der Waals surface area contributed by atoms with Crippen LogP contribution in [0.3, 0.4) is 0 Å². The number of fused-ring (bicyclic) bond motifs is 2. The summed E-state index contributed by atoms with van der Waals surface area (Å²) in [7, 11) is 0. The maximum absolute atomic E-state index is 12.9. The number of rotatable bonds is 3. The van der Waals surface area contributed by atoms with Gasteiger partial charge in [-0.1, -0.05) is 48.5 Å². The van der Waals surface area contributed by atoms with Gasteiger partial charge < -0.3 is 10.2 Å². The highest BCUT2D eigenvalue weighted by atomic mass is 16.2. The molecular weight excluding hydrogens is 334 g/mol. The van der Waals surface area contributed by atoms with E-state index in [9.17, 15) is 10.1 Å². The lowest BCUT2D eigenvalue weighted by molar-refractivity contribution is -0.114. The van der Waals surface area contributed by atoms with Gasteiger partial charge in [-0.15, -0.1) is 0 Å². The highest BCUT2D eigenvalue weighted by Gasteiger charge is 2.24. The van der Waals surface area contributed by atoms with Crippen LogP contribution in [0.5, 0.6) is 0 Å². The number of carbonyl (C=O) groups is 1. The molecular formula is C23H19N3O. The normalized spacial score (nSPS) is 13.7. The van der Waals surface area contributed by atoms with Crippen LogP contribution in [0.4, 0.5) is 11.4 Å². The van der Waals surface area contributed by atoms with E-state index >= 15 is 0 Å². The number of hydrogen-bond donors (Lipinski definition) is 1. The summed E-state index contributed by atoms with van der Waals surface area (Å²) in [5, 5.41) is 14.9. The number of nitriles is 1.